The molecule has 0 bridgehead atoms. The van der Waals surface area contributed by atoms with Crippen LogP contribution < -0.4 is 15.0 Å². The highest BCUT2D eigenvalue weighted by Gasteiger charge is 2.28. The first kappa shape index (κ1) is 28.1. The van der Waals surface area contributed by atoms with E-state index in [9.17, 15) is 5.26 Å². The molecule has 2 aliphatic rings. The maximum atomic E-state index is 9.98. The molecule has 4 aromatic rings. The molecule has 1 N–H and O–H groups in total. The van der Waals surface area contributed by atoms with Crippen molar-refractivity contribution in [2.24, 2.45) is 7.05 Å². The number of alkyl halides is 1. The van der Waals surface area contributed by atoms with Gasteiger partial charge in [0.2, 0.25) is 0 Å². The summed E-state index contributed by atoms with van der Waals surface area (Å²) in [5.74, 6) is 0.812. The number of methoxy groups -OCH3 is 1. The Morgan fingerprint density at radius 2 is 1.93 bits per heavy atom. The van der Waals surface area contributed by atoms with Crippen LogP contribution in [-0.2, 0) is 11.5 Å². The van der Waals surface area contributed by atoms with Crippen molar-refractivity contribution in [1.82, 2.24) is 19.4 Å². The summed E-state index contributed by atoms with van der Waals surface area (Å²) in [6.45, 7) is 4.50. The van der Waals surface area contributed by atoms with Crippen molar-refractivity contribution in [3.8, 4) is 11.8 Å². The molecule has 6 rings (SSSR count). The maximum Gasteiger partial charge on any atom is 0.172 e. The van der Waals surface area contributed by atoms with Gasteiger partial charge in [-0.3, -0.25) is 4.98 Å². The summed E-state index contributed by atoms with van der Waals surface area (Å²) >= 11 is 4.05. The number of ether oxygens (including phenoxy) is 1. The van der Waals surface area contributed by atoms with Gasteiger partial charge in [-0.2, -0.15) is 5.26 Å². The van der Waals surface area contributed by atoms with Crippen molar-refractivity contribution in [1.29, 1.82) is 5.26 Å². The van der Waals surface area contributed by atoms with Crippen LogP contribution in [0, 0.1) is 11.3 Å². The molecule has 2 aliphatic heterocycles. The van der Waals surface area contributed by atoms with Gasteiger partial charge in [0.15, 0.2) is 5.16 Å². The van der Waals surface area contributed by atoms with Gasteiger partial charge >= 0.3 is 0 Å². The molecule has 0 spiro atoms. The molecule has 0 amide bonds. The summed E-state index contributed by atoms with van der Waals surface area (Å²) in [6, 6.07) is 13.5. The van der Waals surface area contributed by atoms with Crippen LogP contribution in [-0.4, -0.2) is 58.8 Å². The largest absolute Gasteiger partial charge is 0.495 e. The highest BCUT2D eigenvalue weighted by molar-refractivity contribution is 14.1. The van der Waals surface area contributed by atoms with Crippen molar-refractivity contribution >= 4 is 62.3 Å². The second-order valence-electron chi connectivity index (χ2n) is 10.7. The number of likely N-dealkylation sites (tertiary alicyclic amines) is 1. The maximum absolute atomic E-state index is 9.98. The smallest absolute Gasteiger partial charge is 0.172 e. The van der Waals surface area contributed by atoms with Crippen LogP contribution in [0.15, 0.2) is 59.0 Å². The number of rotatable bonds is 8. The minimum atomic E-state index is 0.501. The lowest BCUT2D eigenvalue weighted by Crippen LogP contribution is -2.44. The van der Waals surface area contributed by atoms with Gasteiger partial charge in [0, 0.05) is 65.2 Å². The fourth-order valence-electron chi connectivity index (χ4n) is 5.97. The van der Waals surface area contributed by atoms with E-state index in [4.69, 9.17) is 9.72 Å². The molecule has 2 saturated heterocycles. The predicted octanol–water partition coefficient (Wildman–Crippen LogP) is 6.74. The lowest BCUT2D eigenvalue weighted by Gasteiger charge is -2.38. The standard InChI is InChI=1S/C31H34IN7OS/c1-37-14-9-34-31(37)41-29-6-5-23(15-21(29)18-32)36-30-22(19-33)20-35-26-17-27(28(40-2)16-25(26)30)39-12-7-24(8-13-39)38-10-3-4-11-38/h5-6,9,14-17,20,24H,3-4,7-8,10-13,18H2,1-2H3,(H,35,36). The molecular formula is C31H34IN7OS. The minimum Gasteiger partial charge on any atom is -0.495 e. The molecule has 8 nitrogen and oxygen atoms in total. The summed E-state index contributed by atoms with van der Waals surface area (Å²) in [6.07, 6.45) is 10.4. The Kier molecular flexibility index (Phi) is 8.55. The average molecular weight is 680 g/mol. The number of nitrogens with one attached hydrogen (secondary N) is 1. The second-order valence-corrected chi connectivity index (χ2v) is 12.4. The van der Waals surface area contributed by atoms with Crippen molar-refractivity contribution in [3.05, 3.63) is 60.0 Å². The Bertz CT molecular complexity index is 1590. The number of imidazole rings is 1. The number of nitrogens with zero attached hydrogens (tertiary/aromatic N) is 6. The third kappa shape index (κ3) is 5.85. The molecule has 41 heavy (non-hydrogen) atoms. The van der Waals surface area contributed by atoms with E-state index in [0.717, 1.165) is 56.4 Å². The number of piperidine rings is 1. The number of aryl methyl sites for hydroxylation is 1. The van der Waals surface area contributed by atoms with Crippen molar-refractivity contribution < 1.29 is 4.74 Å². The van der Waals surface area contributed by atoms with Gasteiger partial charge in [-0.05, 0) is 74.7 Å². The van der Waals surface area contributed by atoms with Crippen LogP contribution in [0.3, 0.4) is 0 Å². The Morgan fingerprint density at radius 1 is 1.12 bits per heavy atom. The number of benzene rings is 2. The summed E-state index contributed by atoms with van der Waals surface area (Å²) in [4.78, 5) is 15.4. The van der Waals surface area contributed by atoms with E-state index in [-0.39, 0.29) is 0 Å². The van der Waals surface area contributed by atoms with Gasteiger partial charge in [-0.1, -0.05) is 34.4 Å². The molecule has 0 atom stereocenters. The van der Waals surface area contributed by atoms with Crippen LogP contribution in [0.5, 0.6) is 5.75 Å². The minimum absolute atomic E-state index is 0.501. The van der Waals surface area contributed by atoms with Crippen LogP contribution in [0.1, 0.15) is 36.8 Å². The zero-order valence-corrected chi connectivity index (χ0v) is 26.4. The number of aromatic nitrogens is 3. The van der Waals surface area contributed by atoms with Crippen LogP contribution in [0.4, 0.5) is 17.1 Å². The van der Waals surface area contributed by atoms with Crippen LogP contribution in [0.25, 0.3) is 10.9 Å². The van der Waals surface area contributed by atoms with Gasteiger partial charge in [-0.25, -0.2) is 4.98 Å². The van der Waals surface area contributed by atoms with E-state index in [1.165, 1.54) is 49.2 Å². The first-order valence-electron chi connectivity index (χ1n) is 14.1. The molecule has 212 valence electrons. The SMILES string of the molecule is COc1cc2c(Nc3ccc(Sc4nccn4C)c(CI)c3)c(C#N)cnc2cc1N1CCC(N2CCCC2)CC1. The normalized spacial score (nSPS) is 16.3. The summed E-state index contributed by atoms with van der Waals surface area (Å²) in [7, 11) is 3.73. The molecule has 2 fully saturated rings. The molecule has 10 heteroatoms. The number of anilines is 3. The van der Waals surface area contributed by atoms with Gasteiger partial charge in [0.05, 0.1) is 29.6 Å². The monoisotopic (exact) mass is 679 g/mol. The number of pyridine rings is 1. The Labute approximate surface area is 259 Å². The van der Waals surface area contributed by atoms with Gasteiger partial charge in [0.25, 0.3) is 0 Å². The lowest BCUT2D eigenvalue weighted by atomic mass is 10.0. The summed E-state index contributed by atoms with van der Waals surface area (Å²) in [5.41, 5.74) is 5.31. The van der Waals surface area contributed by atoms with Crippen LogP contribution >= 0.6 is 34.4 Å². The molecule has 2 aromatic carbocycles. The Hall–Kier alpha value is -3.01. The lowest BCUT2D eigenvalue weighted by molar-refractivity contribution is 0.207. The molecule has 0 aliphatic carbocycles. The predicted molar refractivity (Wildman–Crippen MR) is 174 cm³/mol. The Morgan fingerprint density at radius 3 is 2.61 bits per heavy atom. The number of nitriles is 1. The van der Waals surface area contributed by atoms with Crippen molar-refractivity contribution in [3.63, 3.8) is 0 Å². The van der Waals surface area contributed by atoms with Crippen molar-refractivity contribution in [2.45, 2.75) is 46.2 Å². The zero-order chi connectivity index (χ0) is 28.3. The number of halogens is 1. The first-order valence-corrected chi connectivity index (χ1v) is 16.4. The Balaban J connectivity index is 1.29. The fraction of sp³-hybridized carbons (Fsp3) is 0.387. The molecule has 0 unspecified atom stereocenters. The second kappa shape index (κ2) is 12.5. The quantitative estimate of drug-likeness (QED) is 0.162. The van der Waals surface area contributed by atoms with Gasteiger partial charge in [-0.15, -0.1) is 0 Å². The van der Waals surface area contributed by atoms with E-state index in [1.54, 1.807) is 25.1 Å². The number of hydrogen-bond acceptors (Lipinski definition) is 8. The van der Waals surface area contributed by atoms with E-state index >= 15 is 0 Å². The average Bonchev–Trinajstić information content (AvgIpc) is 3.70. The van der Waals surface area contributed by atoms with E-state index in [1.807, 2.05) is 30.1 Å². The van der Waals surface area contributed by atoms with Gasteiger partial charge < -0.3 is 24.4 Å². The zero-order valence-electron chi connectivity index (χ0n) is 23.4. The third-order valence-electron chi connectivity index (χ3n) is 8.20. The molecule has 2 aromatic heterocycles. The van der Waals surface area contributed by atoms with E-state index < -0.39 is 0 Å². The van der Waals surface area contributed by atoms with Crippen molar-refractivity contribution in [2.75, 3.05) is 43.5 Å². The van der Waals surface area contributed by atoms with E-state index in [2.05, 4.69) is 73.0 Å². The summed E-state index contributed by atoms with van der Waals surface area (Å²) in [5, 5.41) is 15.4. The molecular weight excluding hydrogens is 645 g/mol. The fourth-order valence-corrected chi connectivity index (χ4v) is 7.77. The summed E-state index contributed by atoms with van der Waals surface area (Å²) < 4.78 is 8.80. The molecule has 0 radical (unpaired) electrons. The first-order chi connectivity index (χ1) is 20.1. The number of hydrogen-bond donors (Lipinski definition) is 1. The third-order valence-corrected chi connectivity index (χ3v) is 10.2. The van der Waals surface area contributed by atoms with E-state index in [0.29, 0.717) is 11.6 Å². The highest BCUT2D eigenvalue weighted by atomic mass is 127. The number of fused-ring (bicyclic) bond motifs is 1. The topological polar surface area (TPSA) is 82.2 Å². The molecule has 0 saturated carbocycles. The highest BCUT2D eigenvalue weighted by Crippen LogP contribution is 2.40. The van der Waals surface area contributed by atoms with Gasteiger partial charge in [0.1, 0.15) is 11.8 Å². The molecule has 4 heterocycles. The van der Waals surface area contributed by atoms with Crippen LogP contribution in [0.2, 0.25) is 0 Å².